The van der Waals surface area contributed by atoms with Gasteiger partial charge >= 0.3 is 0 Å². The second kappa shape index (κ2) is 18.3. The predicted molar refractivity (Wildman–Crippen MR) is 202 cm³/mol. The van der Waals surface area contributed by atoms with Gasteiger partial charge in [0, 0.05) is 11.1 Å². The second-order valence-corrected chi connectivity index (χ2v) is 14.4. The number of halogens is 20. The maximum atomic E-state index is 15.4. The molecule has 1 aromatic heterocycles. The zero-order valence-electron chi connectivity index (χ0n) is 32.9. The van der Waals surface area contributed by atoms with Crippen LogP contribution in [-0.4, -0.2) is 11.1 Å². The first kappa shape index (κ1) is 48.5. The fraction of sp³-hybridized carbons (Fsp3) is 0.0222. The molecule has 0 aliphatic rings. The molecule has 68 heavy (non-hydrogen) atoms. The molecule has 0 N–H and O–H groups in total. The van der Waals surface area contributed by atoms with Crippen LogP contribution >= 0.6 is 0 Å². The molecule has 0 aliphatic heterocycles. The molecule has 350 valence electrons. The van der Waals surface area contributed by atoms with Gasteiger partial charge in [-0.3, -0.25) is 4.98 Å². The molecule has 0 fully saturated rings. The molecular formula is C45H17BF20N2. The van der Waals surface area contributed by atoms with Crippen molar-refractivity contribution in [2.45, 2.75) is 6.54 Å². The molecule has 23 heteroatoms. The van der Waals surface area contributed by atoms with Crippen LogP contribution in [0.5, 0.6) is 0 Å². The summed E-state index contributed by atoms with van der Waals surface area (Å²) < 4.78 is 296. The Morgan fingerprint density at radius 1 is 0.353 bits per heavy atom. The molecule has 0 bridgehead atoms. The van der Waals surface area contributed by atoms with E-state index in [0.717, 1.165) is 12.2 Å². The molecule has 1 heterocycles. The Hall–Kier alpha value is -7.46. The largest absolute Gasteiger partial charge is 0.252 e. The number of nitrogens with zero attached hydrogens (tertiary/aromatic N) is 2. The highest BCUT2D eigenvalue weighted by atomic mass is 19.2. The smallest absolute Gasteiger partial charge is 0.231 e. The van der Waals surface area contributed by atoms with Crippen molar-refractivity contribution >= 4 is 38.8 Å². The summed E-state index contributed by atoms with van der Waals surface area (Å²) in [7, 11) is 0. The Morgan fingerprint density at radius 3 is 1.04 bits per heavy atom. The summed E-state index contributed by atoms with van der Waals surface area (Å²) in [6, 6.07) is 25.5. The lowest BCUT2D eigenvalue weighted by Crippen LogP contribution is -2.81. The van der Waals surface area contributed by atoms with Crippen LogP contribution in [-0.2, 0) is 6.54 Å². The highest BCUT2D eigenvalue weighted by Gasteiger charge is 2.52. The van der Waals surface area contributed by atoms with E-state index in [0.29, 0.717) is 0 Å². The Morgan fingerprint density at radius 2 is 0.676 bits per heavy atom. The van der Waals surface area contributed by atoms with Crippen LogP contribution in [0, 0.1) is 116 Å². The van der Waals surface area contributed by atoms with Gasteiger partial charge in [0.15, 0.2) is 82.5 Å². The number of hydrogen-bond donors (Lipinski definition) is 0. The van der Waals surface area contributed by atoms with E-state index >= 15 is 35.1 Å². The molecule has 0 atom stereocenters. The highest BCUT2D eigenvalue weighted by Crippen LogP contribution is 2.31. The van der Waals surface area contributed by atoms with Crippen molar-refractivity contribution in [2.24, 2.45) is 0 Å². The molecule has 0 amide bonds. The van der Waals surface area contributed by atoms with Crippen molar-refractivity contribution in [3.8, 4) is 11.3 Å². The van der Waals surface area contributed by atoms with Crippen LogP contribution < -0.4 is 26.4 Å². The van der Waals surface area contributed by atoms with Crippen molar-refractivity contribution in [1.82, 2.24) is 4.98 Å². The van der Waals surface area contributed by atoms with Crippen LogP contribution in [0.2, 0.25) is 0 Å². The van der Waals surface area contributed by atoms with E-state index in [4.69, 9.17) is 0 Å². The van der Waals surface area contributed by atoms with Gasteiger partial charge in [-0.25, -0.2) is 87.8 Å². The monoisotopic (exact) mass is 976 g/mol. The molecule has 8 rings (SSSR count). The molecule has 7 aromatic carbocycles. The first-order valence-corrected chi connectivity index (χ1v) is 18.7. The van der Waals surface area contributed by atoms with Crippen LogP contribution in [0.4, 0.5) is 87.8 Å². The van der Waals surface area contributed by atoms with E-state index in [2.05, 4.69) is 76.3 Å². The SMILES string of the molecule is Fc1c(F)c(F)c([B-](c2c(F)c(F)c(F)c(F)c2F)(c2c(F)c(F)c(F)c(F)c2F)c2c(F)c(F)c(F)c(F)c2F)c(F)c1F.c1ccc(C[n+]2ccncc2-c2ccc3ccccc3c2)cc1. The van der Waals surface area contributed by atoms with Gasteiger partial charge in [0.2, 0.25) is 5.69 Å². The summed E-state index contributed by atoms with van der Waals surface area (Å²) in [5.74, 6) is -71.4. The van der Waals surface area contributed by atoms with E-state index in [1.807, 2.05) is 24.7 Å². The van der Waals surface area contributed by atoms with Gasteiger partial charge < -0.3 is 0 Å². The predicted octanol–water partition coefficient (Wildman–Crippen LogP) is 10.1. The Labute approximate surface area is 366 Å². The average Bonchev–Trinajstić information content (AvgIpc) is 3.34. The minimum absolute atomic E-state index is 0.839. The van der Waals surface area contributed by atoms with E-state index in [1.54, 1.807) is 0 Å². The minimum Gasteiger partial charge on any atom is -0.252 e. The third-order valence-electron chi connectivity index (χ3n) is 10.8. The molecule has 0 aliphatic carbocycles. The molecule has 0 saturated carbocycles. The zero-order chi connectivity index (χ0) is 49.8. The maximum Gasteiger partial charge on any atom is 0.231 e. The average molecular weight is 976 g/mol. The Kier molecular flexibility index (Phi) is 13.1. The Bertz CT molecular complexity index is 2950. The number of benzene rings is 7. The quantitative estimate of drug-likeness (QED) is 0.0512. The van der Waals surface area contributed by atoms with Crippen molar-refractivity contribution in [3.63, 3.8) is 0 Å². The number of hydrogen-bond acceptors (Lipinski definition) is 1. The van der Waals surface area contributed by atoms with Gasteiger partial charge in [-0.1, -0.05) is 60.7 Å². The van der Waals surface area contributed by atoms with Gasteiger partial charge in [-0.2, -0.15) is 4.57 Å². The molecular weight excluding hydrogens is 959 g/mol. The topological polar surface area (TPSA) is 16.8 Å². The third-order valence-corrected chi connectivity index (χ3v) is 10.8. The van der Waals surface area contributed by atoms with Crippen molar-refractivity contribution in [1.29, 1.82) is 0 Å². The first-order chi connectivity index (χ1) is 32.1. The number of aromatic nitrogens is 2. The van der Waals surface area contributed by atoms with E-state index in [9.17, 15) is 52.7 Å². The fourth-order valence-electron chi connectivity index (χ4n) is 7.77. The first-order valence-electron chi connectivity index (χ1n) is 18.7. The normalized spacial score (nSPS) is 11.6. The lowest BCUT2D eigenvalue weighted by Gasteiger charge is -2.44. The summed E-state index contributed by atoms with van der Waals surface area (Å²) >= 11 is 0. The summed E-state index contributed by atoms with van der Waals surface area (Å²) in [5.41, 5.74) is -10.7. The van der Waals surface area contributed by atoms with Gasteiger partial charge in [-0.05, 0) is 22.9 Å². The van der Waals surface area contributed by atoms with Crippen molar-refractivity contribution in [3.05, 3.63) is 213 Å². The van der Waals surface area contributed by atoms with Crippen molar-refractivity contribution < 1.29 is 92.4 Å². The van der Waals surface area contributed by atoms with Crippen LogP contribution in [0.15, 0.2) is 91.4 Å². The maximum absolute atomic E-state index is 15.4. The van der Waals surface area contributed by atoms with Gasteiger partial charge in [0.25, 0.3) is 0 Å². The third kappa shape index (κ3) is 7.62. The fourth-order valence-corrected chi connectivity index (χ4v) is 7.77. The number of fused-ring (bicyclic) bond motifs is 1. The van der Waals surface area contributed by atoms with E-state index in [1.165, 1.54) is 21.9 Å². The molecule has 0 saturated heterocycles. The van der Waals surface area contributed by atoms with Crippen LogP contribution in [0.3, 0.4) is 0 Å². The van der Waals surface area contributed by atoms with Crippen LogP contribution in [0.1, 0.15) is 5.56 Å². The van der Waals surface area contributed by atoms with Gasteiger partial charge in [-0.15, -0.1) is 21.9 Å². The second-order valence-electron chi connectivity index (χ2n) is 14.4. The molecule has 8 aromatic rings. The molecule has 0 spiro atoms. The van der Waals surface area contributed by atoms with E-state index in [-0.39, 0.29) is 0 Å². The van der Waals surface area contributed by atoms with Gasteiger partial charge in [0.05, 0.1) is 12.4 Å². The van der Waals surface area contributed by atoms with E-state index < -0.39 is 144 Å². The minimum atomic E-state index is -7.22. The number of rotatable bonds is 7. The van der Waals surface area contributed by atoms with Crippen LogP contribution in [0.25, 0.3) is 22.0 Å². The molecule has 0 radical (unpaired) electrons. The lowest BCUT2D eigenvalue weighted by molar-refractivity contribution is -0.678. The lowest BCUT2D eigenvalue weighted by atomic mass is 9.12. The standard InChI is InChI=1S/C24BF20.C21H17N2/c26-5-1(6(27)14(35)21(42)13(5)34)25(2-7(28)15(36)22(43)16(37)8(2)29,3-9(30)17(38)23(44)18(39)10(3)31)4-11(32)19(40)24(45)20(41)12(4)33;1-2-6-17(7-3-1)16-23-13-12-22-15-21(23)20-11-10-18-8-4-5-9-19(18)14-20/h;1-15H,16H2/q-1;+1. The summed E-state index contributed by atoms with van der Waals surface area (Å²) in [4.78, 5) is 4.32. The molecule has 0 unspecified atom stereocenters. The van der Waals surface area contributed by atoms with Gasteiger partial charge in [0.1, 0.15) is 52.7 Å². The highest BCUT2D eigenvalue weighted by molar-refractivity contribution is 7.20. The molecule has 2 nitrogen and oxygen atoms in total. The summed E-state index contributed by atoms with van der Waals surface area (Å²) in [5, 5.41) is 2.51. The summed E-state index contributed by atoms with van der Waals surface area (Å²) in [6.07, 6.45) is -1.40. The Balaban J connectivity index is 0.000000246. The summed E-state index contributed by atoms with van der Waals surface area (Å²) in [6.45, 7) is 0.839. The van der Waals surface area contributed by atoms with Crippen molar-refractivity contribution in [2.75, 3.05) is 0 Å². The zero-order valence-corrected chi connectivity index (χ0v) is 32.9.